The molecule has 2 heterocycles. The molecule has 10 heteroatoms. The Morgan fingerprint density at radius 1 is 1.19 bits per heavy atom. The van der Waals surface area contributed by atoms with E-state index in [0.717, 1.165) is 12.8 Å². The van der Waals surface area contributed by atoms with Crippen molar-refractivity contribution in [2.75, 3.05) is 50.8 Å². The normalized spacial score (nSPS) is 17.7. The lowest BCUT2D eigenvalue weighted by molar-refractivity contribution is -0.384. The number of anilines is 1. The van der Waals surface area contributed by atoms with Gasteiger partial charge in [-0.1, -0.05) is 0 Å². The van der Waals surface area contributed by atoms with E-state index in [1.54, 1.807) is 11.0 Å². The molecule has 0 spiro atoms. The van der Waals surface area contributed by atoms with Gasteiger partial charge in [-0.05, 0) is 45.6 Å². The smallest absolute Gasteiger partial charge is 0.407 e. The standard InChI is InChI=1S/C22H32N4O6/c1-22(2,3)32-21(28)23-15-16-6-8-25(9-7-16)20(27)18-14-17(26(29)30)4-5-19(18)24-10-12-31-13-11-24/h4-5,14,16H,6-13,15H2,1-3H3,(H,23,28). The first kappa shape index (κ1) is 23.8. The molecule has 176 valence electrons. The van der Waals surface area contributed by atoms with Gasteiger partial charge in [0, 0.05) is 44.9 Å². The molecule has 0 unspecified atom stereocenters. The van der Waals surface area contributed by atoms with Crippen molar-refractivity contribution in [3.8, 4) is 0 Å². The summed E-state index contributed by atoms with van der Waals surface area (Å²) in [6.07, 6.45) is 1.04. The highest BCUT2D eigenvalue weighted by Crippen LogP contribution is 2.29. The Bertz CT molecular complexity index is 839. The number of morpholine rings is 1. The third-order valence-electron chi connectivity index (χ3n) is 5.61. The maximum atomic E-state index is 13.3. The predicted molar refractivity (Wildman–Crippen MR) is 119 cm³/mol. The third kappa shape index (κ3) is 6.32. The molecule has 0 aliphatic carbocycles. The van der Waals surface area contributed by atoms with Crippen LogP contribution in [0.5, 0.6) is 0 Å². The number of likely N-dealkylation sites (tertiary alicyclic amines) is 1. The van der Waals surface area contributed by atoms with Crippen LogP contribution in [0.3, 0.4) is 0 Å². The van der Waals surface area contributed by atoms with Crippen molar-refractivity contribution in [3.05, 3.63) is 33.9 Å². The van der Waals surface area contributed by atoms with Crippen LogP contribution in [0.2, 0.25) is 0 Å². The maximum Gasteiger partial charge on any atom is 0.407 e. The Labute approximate surface area is 188 Å². The number of alkyl carbamates (subject to hydrolysis) is 1. The van der Waals surface area contributed by atoms with Crippen LogP contribution >= 0.6 is 0 Å². The van der Waals surface area contributed by atoms with Crippen LogP contribution in [0.25, 0.3) is 0 Å². The fraction of sp³-hybridized carbons (Fsp3) is 0.636. The number of piperidine rings is 1. The lowest BCUT2D eigenvalue weighted by Gasteiger charge is -2.34. The predicted octanol–water partition coefficient (Wildman–Crippen LogP) is 2.81. The summed E-state index contributed by atoms with van der Waals surface area (Å²) < 4.78 is 10.7. The monoisotopic (exact) mass is 448 g/mol. The van der Waals surface area contributed by atoms with E-state index in [0.29, 0.717) is 57.2 Å². The van der Waals surface area contributed by atoms with E-state index in [1.165, 1.54) is 12.1 Å². The fourth-order valence-corrected chi connectivity index (χ4v) is 3.94. The molecule has 0 aromatic heterocycles. The molecule has 1 aromatic rings. The summed E-state index contributed by atoms with van der Waals surface area (Å²) in [5.41, 5.74) is 0.418. The number of hydrogen-bond acceptors (Lipinski definition) is 7. The number of carbonyl (C=O) groups excluding carboxylic acids is 2. The third-order valence-corrected chi connectivity index (χ3v) is 5.61. The van der Waals surface area contributed by atoms with Gasteiger partial charge in [0.15, 0.2) is 0 Å². The molecule has 0 bridgehead atoms. The van der Waals surface area contributed by atoms with Gasteiger partial charge in [-0.25, -0.2) is 4.79 Å². The van der Waals surface area contributed by atoms with Crippen molar-refractivity contribution < 1.29 is 24.0 Å². The van der Waals surface area contributed by atoms with Crippen molar-refractivity contribution in [3.63, 3.8) is 0 Å². The van der Waals surface area contributed by atoms with Crippen LogP contribution in [-0.4, -0.2) is 73.4 Å². The van der Waals surface area contributed by atoms with Gasteiger partial charge in [-0.15, -0.1) is 0 Å². The summed E-state index contributed by atoms with van der Waals surface area (Å²) in [5, 5.41) is 14.1. The molecular weight excluding hydrogens is 416 g/mol. The molecule has 2 fully saturated rings. The van der Waals surface area contributed by atoms with Gasteiger partial charge in [0.05, 0.1) is 29.4 Å². The number of amides is 2. The molecular formula is C22H32N4O6. The zero-order chi connectivity index (χ0) is 23.3. The molecule has 2 aliphatic heterocycles. The number of nitrogens with one attached hydrogen (secondary N) is 1. The van der Waals surface area contributed by atoms with Gasteiger partial charge in [0.1, 0.15) is 5.60 Å². The first-order chi connectivity index (χ1) is 15.1. The highest BCUT2D eigenvalue weighted by molar-refractivity contribution is 6.00. The average Bonchev–Trinajstić information content (AvgIpc) is 2.76. The topological polar surface area (TPSA) is 114 Å². The first-order valence-electron chi connectivity index (χ1n) is 11.0. The summed E-state index contributed by atoms with van der Waals surface area (Å²) in [4.78, 5) is 39.8. The van der Waals surface area contributed by atoms with Crippen LogP contribution in [0, 0.1) is 16.0 Å². The summed E-state index contributed by atoms with van der Waals surface area (Å²) in [7, 11) is 0. The fourth-order valence-electron chi connectivity index (χ4n) is 3.94. The second kappa shape index (κ2) is 10.2. The summed E-state index contributed by atoms with van der Waals surface area (Å²) >= 11 is 0. The minimum Gasteiger partial charge on any atom is -0.444 e. The molecule has 0 saturated carbocycles. The number of nitrogens with zero attached hydrogens (tertiary/aromatic N) is 3. The van der Waals surface area contributed by atoms with E-state index in [4.69, 9.17) is 9.47 Å². The van der Waals surface area contributed by atoms with E-state index < -0.39 is 16.6 Å². The van der Waals surface area contributed by atoms with E-state index in [-0.39, 0.29) is 17.5 Å². The number of ether oxygens (including phenoxy) is 2. The van der Waals surface area contributed by atoms with Crippen LogP contribution in [0.1, 0.15) is 44.0 Å². The number of rotatable bonds is 5. The average molecular weight is 449 g/mol. The molecule has 3 rings (SSSR count). The molecule has 2 saturated heterocycles. The van der Waals surface area contributed by atoms with Gasteiger partial charge in [0.25, 0.3) is 11.6 Å². The number of carbonyl (C=O) groups is 2. The molecule has 0 radical (unpaired) electrons. The van der Waals surface area contributed by atoms with Gasteiger partial charge in [-0.3, -0.25) is 14.9 Å². The zero-order valence-electron chi connectivity index (χ0n) is 19.0. The van der Waals surface area contributed by atoms with E-state index in [9.17, 15) is 19.7 Å². The highest BCUT2D eigenvalue weighted by atomic mass is 16.6. The second-order valence-electron chi connectivity index (χ2n) is 9.18. The minimum atomic E-state index is -0.545. The van der Waals surface area contributed by atoms with Gasteiger partial charge < -0.3 is 24.6 Å². The number of nitro groups is 1. The minimum absolute atomic E-state index is 0.0955. The van der Waals surface area contributed by atoms with E-state index in [1.807, 2.05) is 25.7 Å². The number of benzene rings is 1. The van der Waals surface area contributed by atoms with Gasteiger partial charge in [-0.2, -0.15) is 0 Å². The zero-order valence-corrected chi connectivity index (χ0v) is 19.0. The lowest BCUT2D eigenvalue weighted by atomic mass is 9.96. The van der Waals surface area contributed by atoms with Gasteiger partial charge >= 0.3 is 6.09 Å². The van der Waals surface area contributed by atoms with Crippen LogP contribution < -0.4 is 10.2 Å². The first-order valence-corrected chi connectivity index (χ1v) is 11.0. The number of non-ortho nitro benzene ring substituents is 1. The van der Waals surface area contributed by atoms with Crippen LogP contribution in [0.4, 0.5) is 16.2 Å². The quantitative estimate of drug-likeness (QED) is 0.544. The second-order valence-corrected chi connectivity index (χ2v) is 9.18. The lowest BCUT2D eigenvalue weighted by Crippen LogP contribution is -2.43. The van der Waals surface area contributed by atoms with Crippen LogP contribution in [0.15, 0.2) is 18.2 Å². The summed E-state index contributed by atoms with van der Waals surface area (Å²) in [5.74, 6) is 0.0455. The Kier molecular flexibility index (Phi) is 7.55. The largest absolute Gasteiger partial charge is 0.444 e. The van der Waals surface area contributed by atoms with Crippen molar-refractivity contribution in [2.45, 2.75) is 39.2 Å². The molecule has 1 aromatic carbocycles. The van der Waals surface area contributed by atoms with Crippen molar-refractivity contribution in [1.29, 1.82) is 0 Å². The highest BCUT2D eigenvalue weighted by Gasteiger charge is 2.29. The van der Waals surface area contributed by atoms with Gasteiger partial charge in [0.2, 0.25) is 0 Å². The van der Waals surface area contributed by atoms with E-state index in [2.05, 4.69) is 5.32 Å². The van der Waals surface area contributed by atoms with Crippen LogP contribution in [-0.2, 0) is 9.47 Å². The Morgan fingerprint density at radius 2 is 1.84 bits per heavy atom. The van der Waals surface area contributed by atoms with Crippen molar-refractivity contribution >= 4 is 23.4 Å². The maximum absolute atomic E-state index is 13.3. The number of nitro benzene ring substituents is 1. The van der Waals surface area contributed by atoms with Crippen molar-refractivity contribution in [1.82, 2.24) is 10.2 Å². The Hall–Kier alpha value is -2.88. The number of hydrogen-bond donors (Lipinski definition) is 1. The Balaban J connectivity index is 1.63. The Morgan fingerprint density at radius 3 is 2.44 bits per heavy atom. The van der Waals surface area contributed by atoms with Crippen molar-refractivity contribution in [2.24, 2.45) is 5.92 Å². The molecule has 32 heavy (non-hydrogen) atoms. The summed E-state index contributed by atoms with van der Waals surface area (Å²) in [6.45, 7) is 9.39. The molecule has 2 amide bonds. The molecule has 10 nitrogen and oxygen atoms in total. The molecule has 0 atom stereocenters. The van der Waals surface area contributed by atoms with E-state index >= 15 is 0 Å². The summed E-state index contributed by atoms with van der Waals surface area (Å²) in [6, 6.07) is 4.48. The SMILES string of the molecule is CC(C)(C)OC(=O)NCC1CCN(C(=O)c2cc([N+](=O)[O-])ccc2N2CCOCC2)CC1. The molecule has 2 aliphatic rings. The molecule has 1 N–H and O–H groups in total.